The van der Waals surface area contributed by atoms with E-state index in [2.05, 4.69) is 79.9 Å². The summed E-state index contributed by atoms with van der Waals surface area (Å²) >= 11 is 0. The second-order valence-electron chi connectivity index (χ2n) is 17.7. The molecule has 7 atom stereocenters. The lowest BCUT2D eigenvalue weighted by atomic mass is 9.43. The van der Waals surface area contributed by atoms with Crippen LogP contribution in [0.3, 0.4) is 0 Å². The summed E-state index contributed by atoms with van der Waals surface area (Å²) in [6, 6.07) is 0. The Labute approximate surface area is 301 Å². The van der Waals surface area contributed by atoms with Crippen LogP contribution in [0.2, 0.25) is 0 Å². The molecule has 0 aromatic heterocycles. The molecule has 6 aliphatic carbocycles. The fourth-order valence-electron chi connectivity index (χ4n) is 11.9. The first-order chi connectivity index (χ1) is 22.6. The molecule has 5 fully saturated rings. The van der Waals surface area contributed by atoms with Gasteiger partial charge in [-0.2, -0.15) is 0 Å². The van der Waals surface area contributed by atoms with Crippen molar-refractivity contribution in [2.75, 3.05) is 0 Å². The van der Waals surface area contributed by atoms with Crippen molar-refractivity contribution in [1.82, 2.24) is 0 Å². The molecule has 0 amide bonds. The van der Waals surface area contributed by atoms with E-state index in [9.17, 15) is 0 Å². The largest absolute Gasteiger partial charge is 0.0985 e. The van der Waals surface area contributed by atoms with Crippen LogP contribution in [0.1, 0.15) is 184 Å². The summed E-state index contributed by atoms with van der Waals surface area (Å²) in [5.74, 6) is 5.18. The second-order valence-corrected chi connectivity index (χ2v) is 17.7. The Morgan fingerprint density at radius 3 is 2.25 bits per heavy atom. The SMILES string of the molecule is C.C=C(CCC)/C(C)=C(\C)CCCC1CCC2C3CCC4CC5(CCCC5)CCC4(C)C3CCC12C.C=CC1=CCC=CC=C1.CCC. The Hall–Kier alpha value is -1.56. The monoisotopic (exact) mass is 657 g/mol. The van der Waals surface area contributed by atoms with Crippen LogP contribution in [0.15, 0.2) is 71.9 Å². The van der Waals surface area contributed by atoms with E-state index in [1.807, 2.05) is 18.2 Å². The van der Waals surface area contributed by atoms with Crippen molar-refractivity contribution in [3.8, 4) is 0 Å². The quantitative estimate of drug-likeness (QED) is 0.228. The standard InChI is InChI=1S/C35H58.C9H10.C3H8.CH4/c1-7-11-25(2)27(4)26(3)12-10-13-28-15-17-31-30-16-14-29-24-35(19-8-9-20-35)23-22-34(29,6)32(30)18-21-33(28,31)5;1-2-9-7-5-3-4-6-8-9;1-3-2;/h28-32H,2,7-24H2,1,3-6H3;2-5,7-8H,1,6H2;3H2,1-2H3;1H4/b27-26+;;;. The molecular weight excluding hydrogens is 577 g/mol. The lowest BCUT2D eigenvalue weighted by Gasteiger charge is -2.62. The number of hydrogen-bond acceptors (Lipinski definition) is 0. The first kappa shape index (κ1) is 40.9. The zero-order valence-electron chi connectivity index (χ0n) is 32.4. The molecule has 48 heavy (non-hydrogen) atoms. The fourth-order valence-corrected chi connectivity index (χ4v) is 11.9. The molecule has 0 heterocycles. The predicted octanol–water partition coefficient (Wildman–Crippen LogP) is 15.7. The van der Waals surface area contributed by atoms with E-state index in [1.54, 1.807) is 63.4 Å². The summed E-state index contributed by atoms with van der Waals surface area (Å²) in [5, 5.41) is 0. The van der Waals surface area contributed by atoms with Gasteiger partial charge in [0.15, 0.2) is 0 Å². The lowest BCUT2D eigenvalue weighted by Crippen LogP contribution is -2.54. The molecule has 0 aromatic carbocycles. The van der Waals surface area contributed by atoms with E-state index in [0.29, 0.717) is 10.8 Å². The molecule has 0 aliphatic heterocycles. The first-order valence-corrected chi connectivity index (χ1v) is 20.6. The van der Waals surface area contributed by atoms with Crippen molar-refractivity contribution in [2.45, 2.75) is 184 Å². The van der Waals surface area contributed by atoms with Crippen LogP contribution in [0, 0.1) is 45.8 Å². The van der Waals surface area contributed by atoms with Crippen LogP contribution < -0.4 is 0 Å². The molecule has 1 spiro atoms. The maximum absolute atomic E-state index is 4.35. The Balaban J connectivity index is 0.000000409. The van der Waals surface area contributed by atoms with Crippen molar-refractivity contribution in [2.24, 2.45) is 45.8 Å². The van der Waals surface area contributed by atoms with E-state index >= 15 is 0 Å². The Morgan fingerprint density at radius 2 is 1.56 bits per heavy atom. The topological polar surface area (TPSA) is 0 Å². The maximum Gasteiger partial charge on any atom is -0.0157 e. The van der Waals surface area contributed by atoms with Gasteiger partial charge in [0.2, 0.25) is 0 Å². The normalized spacial score (nSPS) is 34.7. The van der Waals surface area contributed by atoms with Gasteiger partial charge in [-0.05, 0) is 174 Å². The summed E-state index contributed by atoms with van der Waals surface area (Å²) in [5.41, 5.74) is 7.80. The van der Waals surface area contributed by atoms with Gasteiger partial charge in [0.1, 0.15) is 0 Å². The molecule has 0 N–H and O–H groups in total. The third-order valence-electron chi connectivity index (χ3n) is 14.9. The van der Waals surface area contributed by atoms with E-state index in [1.165, 1.54) is 74.5 Å². The molecule has 0 saturated heterocycles. The summed E-state index contributed by atoms with van der Waals surface area (Å²) in [6.07, 6.45) is 41.3. The number of fused-ring (bicyclic) bond motifs is 5. The van der Waals surface area contributed by atoms with E-state index in [0.717, 1.165) is 47.8 Å². The second kappa shape index (κ2) is 18.6. The van der Waals surface area contributed by atoms with Gasteiger partial charge in [-0.1, -0.05) is 128 Å². The van der Waals surface area contributed by atoms with E-state index in [4.69, 9.17) is 0 Å². The summed E-state index contributed by atoms with van der Waals surface area (Å²) in [7, 11) is 0. The zero-order chi connectivity index (χ0) is 34.1. The summed E-state index contributed by atoms with van der Waals surface area (Å²) in [6.45, 7) is 24.8. The highest BCUT2D eigenvalue weighted by Crippen LogP contribution is 2.70. The Kier molecular flexibility index (Phi) is 15.8. The number of hydrogen-bond donors (Lipinski definition) is 0. The molecule has 7 unspecified atom stereocenters. The van der Waals surface area contributed by atoms with Crippen LogP contribution in [0.4, 0.5) is 0 Å². The highest BCUT2D eigenvalue weighted by Gasteiger charge is 2.61. The minimum absolute atomic E-state index is 0. The van der Waals surface area contributed by atoms with Gasteiger partial charge in [0.25, 0.3) is 0 Å². The van der Waals surface area contributed by atoms with E-state index in [-0.39, 0.29) is 7.43 Å². The van der Waals surface area contributed by atoms with E-state index < -0.39 is 0 Å². The minimum atomic E-state index is 0. The highest BCUT2D eigenvalue weighted by atomic mass is 14.7. The van der Waals surface area contributed by atoms with Crippen molar-refractivity contribution < 1.29 is 0 Å². The third-order valence-corrected chi connectivity index (χ3v) is 14.9. The van der Waals surface area contributed by atoms with Crippen LogP contribution in [0.25, 0.3) is 0 Å². The van der Waals surface area contributed by atoms with Crippen molar-refractivity contribution in [3.05, 3.63) is 71.9 Å². The summed E-state index contributed by atoms with van der Waals surface area (Å²) < 4.78 is 0. The molecular formula is C48H80. The van der Waals surface area contributed by atoms with Gasteiger partial charge in [0, 0.05) is 0 Å². The fraction of sp³-hybridized carbons (Fsp3) is 0.750. The van der Waals surface area contributed by atoms with Crippen LogP contribution in [-0.4, -0.2) is 0 Å². The predicted molar refractivity (Wildman–Crippen MR) is 216 cm³/mol. The minimum Gasteiger partial charge on any atom is -0.0985 e. The number of rotatable bonds is 8. The van der Waals surface area contributed by atoms with Gasteiger partial charge in [0.05, 0.1) is 0 Å². The third kappa shape index (κ3) is 9.21. The van der Waals surface area contributed by atoms with Gasteiger partial charge in [-0.3, -0.25) is 0 Å². The molecule has 0 radical (unpaired) electrons. The Morgan fingerprint density at radius 1 is 0.854 bits per heavy atom. The molecule has 0 nitrogen and oxygen atoms in total. The Bertz CT molecular complexity index is 1150. The summed E-state index contributed by atoms with van der Waals surface area (Å²) in [4.78, 5) is 0. The molecule has 0 bridgehead atoms. The smallest absolute Gasteiger partial charge is 0.0157 e. The molecule has 6 rings (SSSR count). The molecule has 0 aromatic rings. The molecule has 272 valence electrons. The molecule has 6 aliphatic rings. The average Bonchev–Trinajstić information content (AvgIpc) is 3.54. The average molecular weight is 657 g/mol. The van der Waals surface area contributed by atoms with Gasteiger partial charge >= 0.3 is 0 Å². The van der Waals surface area contributed by atoms with Crippen LogP contribution >= 0.6 is 0 Å². The zero-order valence-corrected chi connectivity index (χ0v) is 32.4. The molecule has 0 heteroatoms. The van der Waals surface area contributed by atoms with Gasteiger partial charge in [-0.15, -0.1) is 0 Å². The van der Waals surface area contributed by atoms with Crippen molar-refractivity contribution in [1.29, 1.82) is 0 Å². The van der Waals surface area contributed by atoms with Crippen molar-refractivity contribution in [3.63, 3.8) is 0 Å². The van der Waals surface area contributed by atoms with Crippen LogP contribution in [0.5, 0.6) is 0 Å². The highest BCUT2D eigenvalue weighted by molar-refractivity contribution is 5.33. The van der Waals surface area contributed by atoms with Gasteiger partial charge < -0.3 is 0 Å². The van der Waals surface area contributed by atoms with Crippen molar-refractivity contribution >= 4 is 0 Å². The van der Waals surface area contributed by atoms with Crippen LogP contribution in [-0.2, 0) is 0 Å². The first-order valence-electron chi connectivity index (χ1n) is 20.6. The maximum atomic E-state index is 4.35. The molecule has 5 saturated carbocycles. The lowest BCUT2D eigenvalue weighted by molar-refractivity contribution is -0.130. The number of allylic oxidation sites excluding steroid dienone is 10. The van der Waals surface area contributed by atoms with Gasteiger partial charge in [-0.25, -0.2) is 0 Å².